The van der Waals surface area contributed by atoms with Gasteiger partial charge in [0.15, 0.2) is 12.4 Å². The van der Waals surface area contributed by atoms with Gasteiger partial charge in [-0.05, 0) is 19.5 Å². The van der Waals surface area contributed by atoms with Gasteiger partial charge in [-0.3, -0.25) is 0 Å². The van der Waals surface area contributed by atoms with Crippen LogP contribution in [0.2, 0.25) is 0 Å². The Morgan fingerprint density at radius 1 is 1.33 bits per heavy atom. The van der Waals surface area contributed by atoms with Gasteiger partial charge in [0, 0.05) is 24.6 Å². The molecule has 1 aromatic carbocycles. The molecule has 2 aromatic rings. The molecule has 6 heteroatoms. The average Bonchev–Trinajstić information content (AvgIpc) is 2.94. The molecular weight excluding hydrogens is 270 g/mol. The molecule has 1 N–H and O–H groups in total. The van der Waals surface area contributed by atoms with Crippen LogP contribution >= 0.6 is 0 Å². The highest BCUT2D eigenvalue weighted by Crippen LogP contribution is 2.25. The lowest BCUT2D eigenvalue weighted by atomic mass is 10.2. The van der Waals surface area contributed by atoms with Gasteiger partial charge in [-0.25, -0.2) is 0 Å². The highest BCUT2D eigenvalue weighted by atomic mass is 16.5. The molecule has 0 atom stereocenters. The van der Waals surface area contributed by atoms with Crippen LogP contribution in [0.3, 0.4) is 0 Å². The van der Waals surface area contributed by atoms with E-state index < -0.39 is 0 Å². The first-order valence-corrected chi connectivity index (χ1v) is 7.02. The van der Waals surface area contributed by atoms with E-state index in [0.29, 0.717) is 12.4 Å². The molecule has 1 aromatic heterocycles. The maximum atomic E-state index is 5.79. The number of aryl methyl sites for hydroxylation is 1. The molecule has 0 unspecified atom stereocenters. The first-order chi connectivity index (χ1) is 10.3. The van der Waals surface area contributed by atoms with Crippen LogP contribution in [0.1, 0.15) is 30.6 Å². The molecule has 2 rings (SSSR count). The molecule has 0 aliphatic carbocycles. The molecule has 114 valence electrons. The van der Waals surface area contributed by atoms with Gasteiger partial charge in [-0.1, -0.05) is 18.1 Å². The van der Waals surface area contributed by atoms with Crippen molar-refractivity contribution in [3.63, 3.8) is 0 Å². The number of rotatable bonds is 8. The topological polar surface area (TPSA) is 69.4 Å². The van der Waals surface area contributed by atoms with Crippen LogP contribution in [0.5, 0.6) is 11.5 Å². The summed E-state index contributed by atoms with van der Waals surface area (Å²) in [5.74, 6) is 2.70. The summed E-state index contributed by atoms with van der Waals surface area (Å²) in [4.78, 5) is 4.28. The first kappa shape index (κ1) is 15.3. The zero-order valence-electron chi connectivity index (χ0n) is 12.7. The summed E-state index contributed by atoms with van der Waals surface area (Å²) < 4.78 is 16.2. The smallest absolute Gasteiger partial charge is 0.264 e. The number of aromatic nitrogens is 2. The Balaban J connectivity index is 2.06. The van der Waals surface area contributed by atoms with Gasteiger partial charge in [0.05, 0.1) is 7.11 Å². The highest BCUT2D eigenvalue weighted by Gasteiger charge is 2.09. The van der Waals surface area contributed by atoms with E-state index in [2.05, 4.69) is 22.4 Å². The Labute approximate surface area is 124 Å². The first-order valence-electron chi connectivity index (χ1n) is 7.02. The van der Waals surface area contributed by atoms with Crippen LogP contribution in [-0.4, -0.2) is 24.3 Å². The van der Waals surface area contributed by atoms with E-state index in [9.17, 15) is 0 Å². The standard InChI is InChI=1S/C15H21N3O3/c1-4-5-14-17-15(21-18-14)10-20-13-8-12(19-3)7-6-11(13)9-16-2/h6-8,16H,4-5,9-10H2,1-3H3. The average molecular weight is 291 g/mol. The summed E-state index contributed by atoms with van der Waals surface area (Å²) >= 11 is 0. The number of nitrogens with one attached hydrogen (secondary N) is 1. The number of ether oxygens (including phenoxy) is 2. The fraction of sp³-hybridized carbons (Fsp3) is 0.467. The summed E-state index contributed by atoms with van der Waals surface area (Å²) in [5.41, 5.74) is 1.05. The van der Waals surface area contributed by atoms with Crippen molar-refractivity contribution in [3.8, 4) is 11.5 Å². The quantitative estimate of drug-likeness (QED) is 0.805. The Kier molecular flexibility index (Phi) is 5.57. The molecule has 1 heterocycles. The largest absolute Gasteiger partial charge is 0.497 e. The van der Waals surface area contributed by atoms with E-state index in [4.69, 9.17) is 14.0 Å². The van der Waals surface area contributed by atoms with Crippen molar-refractivity contribution in [1.82, 2.24) is 15.5 Å². The second kappa shape index (κ2) is 7.64. The van der Waals surface area contributed by atoms with Crippen molar-refractivity contribution in [2.45, 2.75) is 32.9 Å². The summed E-state index contributed by atoms with van der Waals surface area (Å²) in [7, 11) is 3.52. The fourth-order valence-electron chi connectivity index (χ4n) is 1.95. The minimum atomic E-state index is 0.251. The van der Waals surface area contributed by atoms with Crippen molar-refractivity contribution in [2.24, 2.45) is 0 Å². The van der Waals surface area contributed by atoms with Crippen LogP contribution in [0, 0.1) is 0 Å². The van der Waals surface area contributed by atoms with E-state index >= 15 is 0 Å². The Hall–Kier alpha value is -2.08. The minimum absolute atomic E-state index is 0.251. The second-order valence-electron chi connectivity index (χ2n) is 4.65. The third-order valence-electron chi connectivity index (χ3n) is 2.98. The van der Waals surface area contributed by atoms with E-state index in [1.165, 1.54) is 0 Å². The Morgan fingerprint density at radius 2 is 2.19 bits per heavy atom. The fourth-order valence-corrected chi connectivity index (χ4v) is 1.95. The second-order valence-corrected chi connectivity index (χ2v) is 4.65. The molecule has 0 bridgehead atoms. The number of methoxy groups -OCH3 is 1. The maximum absolute atomic E-state index is 5.79. The normalized spacial score (nSPS) is 10.6. The highest BCUT2D eigenvalue weighted by molar-refractivity contribution is 5.40. The summed E-state index contributed by atoms with van der Waals surface area (Å²) in [5, 5.41) is 7.02. The number of benzene rings is 1. The van der Waals surface area contributed by atoms with Crippen LogP contribution in [0.4, 0.5) is 0 Å². The van der Waals surface area contributed by atoms with Gasteiger partial charge >= 0.3 is 0 Å². The molecule has 0 aliphatic heterocycles. The molecule has 6 nitrogen and oxygen atoms in total. The van der Waals surface area contributed by atoms with E-state index in [0.717, 1.165) is 35.7 Å². The third-order valence-corrected chi connectivity index (χ3v) is 2.98. The van der Waals surface area contributed by atoms with Gasteiger partial charge in [0.1, 0.15) is 11.5 Å². The monoisotopic (exact) mass is 291 g/mol. The number of nitrogens with zero attached hydrogens (tertiary/aromatic N) is 2. The molecule has 0 spiro atoms. The van der Waals surface area contributed by atoms with Crippen molar-refractivity contribution >= 4 is 0 Å². The predicted octanol–water partition coefficient (Wildman–Crippen LogP) is 2.33. The van der Waals surface area contributed by atoms with Crippen LogP contribution in [0.25, 0.3) is 0 Å². The molecule has 0 amide bonds. The molecule has 0 radical (unpaired) electrons. The van der Waals surface area contributed by atoms with Gasteiger partial charge in [-0.2, -0.15) is 4.98 Å². The van der Waals surface area contributed by atoms with Crippen molar-refractivity contribution in [3.05, 3.63) is 35.5 Å². The molecule has 21 heavy (non-hydrogen) atoms. The number of hydrogen-bond acceptors (Lipinski definition) is 6. The lowest BCUT2D eigenvalue weighted by molar-refractivity contribution is 0.239. The predicted molar refractivity (Wildman–Crippen MR) is 78.4 cm³/mol. The Morgan fingerprint density at radius 3 is 2.90 bits per heavy atom. The zero-order valence-corrected chi connectivity index (χ0v) is 12.7. The maximum Gasteiger partial charge on any atom is 0.264 e. The minimum Gasteiger partial charge on any atom is -0.497 e. The summed E-state index contributed by atoms with van der Waals surface area (Å²) in [6.07, 6.45) is 1.80. The summed E-state index contributed by atoms with van der Waals surface area (Å²) in [6, 6.07) is 5.74. The van der Waals surface area contributed by atoms with Gasteiger partial charge in [-0.15, -0.1) is 0 Å². The van der Waals surface area contributed by atoms with Crippen LogP contribution < -0.4 is 14.8 Å². The Bertz CT molecular complexity index is 569. The summed E-state index contributed by atoms with van der Waals surface area (Å²) in [6.45, 7) is 3.04. The molecule has 0 saturated heterocycles. The van der Waals surface area contributed by atoms with E-state index in [1.54, 1.807) is 7.11 Å². The van der Waals surface area contributed by atoms with Crippen LogP contribution in [-0.2, 0) is 19.6 Å². The van der Waals surface area contributed by atoms with Gasteiger partial charge in [0.25, 0.3) is 5.89 Å². The van der Waals surface area contributed by atoms with Crippen molar-refractivity contribution in [1.29, 1.82) is 0 Å². The van der Waals surface area contributed by atoms with E-state index in [1.807, 2.05) is 25.2 Å². The van der Waals surface area contributed by atoms with Crippen molar-refractivity contribution < 1.29 is 14.0 Å². The SMILES string of the molecule is CCCc1noc(COc2cc(OC)ccc2CNC)n1. The molecular formula is C15H21N3O3. The molecule has 0 aliphatic rings. The number of hydrogen-bond donors (Lipinski definition) is 1. The molecule has 0 fully saturated rings. The zero-order chi connectivity index (χ0) is 15.1. The lowest BCUT2D eigenvalue weighted by Gasteiger charge is -2.11. The van der Waals surface area contributed by atoms with Gasteiger partial charge in [0.2, 0.25) is 0 Å². The van der Waals surface area contributed by atoms with Crippen molar-refractivity contribution in [2.75, 3.05) is 14.2 Å². The lowest BCUT2D eigenvalue weighted by Crippen LogP contribution is -2.08. The van der Waals surface area contributed by atoms with Crippen LogP contribution in [0.15, 0.2) is 22.7 Å². The molecule has 0 saturated carbocycles. The van der Waals surface area contributed by atoms with E-state index in [-0.39, 0.29) is 6.61 Å². The third kappa shape index (κ3) is 4.19. The van der Waals surface area contributed by atoms with Gasteiger partial charge < -0.3 is 19.3 Å².